The normalized spacial score (nSPS) is 14.8. The fourth-order valence-corrected chi connectivity index (χ4v) is 2.04. The Bertz CT molecular complexity index is 463. The van der Waals surface area contributed by atoms with E-state index in [0.717, 1.165) is 19.4 Å². The lowest BCUT2D eigenvalue weighted by molar-refractivity contribution is -0.127. The second-order valence-corrected chi connectivity index (χ2v) is 4.72. The van der Waals surface area contributed by atoms with Gasteiger partial charge in [-0.25, -0.2) is 0 Å². The maximum absolute atomic E-state index is 11.7. The standard InChI is InChI=1S/C12H15ClN4O2/c13-10-5-4-9(15-16-10)12(19)14-6-2-8-17-7-1-3-11(17)18/h4-5H,1-3,6-8H2,(H,14,19). The molecule has 0 aromatic carbocycles. The van der Waals surface area contributed by atoms with Crippen LogP contribution in [0.1, 0.15) is 29.8 Å². The van der Waals surface area contributed by atoms with Gasteiger partial charge in [-0.3, -0.25) is 9.59 Å². The molecule has 7 heteroatoms. The Morgan fingerprint density at radius 2 is 2.26 bits per heavy atom. The predicted molar refractivity (Wildman–Crippen MR) is 69.8 cm³/mol. The summed E-state index contributed by atoms with van der Waals surface area (Å²) in [6, 6.07) is 3.04. The molecule has 2 heterocycles. The van der Waals surface area contributed by atoms with Crippen LogP contribution in [0.15, 0.2) is 12.1 Å². The average Bonchev–Trinajstić information content (AvgIpc) is 2.81. The maximum atomic E-state index is 11.7. The summed E-state index contributed by atoms with van der Waals surface area (Å²) in [6.07, 6.45) is 2.32. The number of carbonyl (C=O) groups excluding carboxylic acids is 2. The van der Waals surface area contributed by atoms with Crippen LogP contribution in [0.5, 0.6) is 0 Å². The number of hydrogen-bond donors (Lipinski definition) is 1. The number of halogens is 1. The van der Waals surface area contributed by atoms with Crippen molar-refractivity contribution in [3.05, 3.63) is 23.0 Å². The van der Waals surface area contributed by atoms with Crippen molar-refractivity contribution < 1.29 is 9.59 Å². The topological polar surface area (TPSA) is 75.2 Å². The van der Waals surface area contributed by atoms with Gasteiger partial charge in [0.15, 0.2) is 10.8 Å². The van der Waals surface area contributed by atoms with Crippen molar-refractivity contribution in [2.75, 3.05) is 19.6 Å². The summed E-state index contributed by atoms with van der Waals surface area (Å²) in [5.74, 6) is -0.0770. The van der Waals surface area contributed by atoms with E-state index in [9.17, 15) is 9.59 Å². The Kier molecular flexibility index (Phi) is 4.68. The Labute approximate surface area is 116 Å². The van der Waals surface area contributed by atoms with Gasteiger partial charge >= 0.3 is 0 Å². The molecule has 1 aromatic rings. The van der Waals surface area contributed by atoms with Crippen LogP contribution >= 0.6 is 11.6 Å². The average molecular weight is 283 g/mol. The van der Waals surface area contributed by atoms with Crippen LogP contribution in [0.3, 0.4) is 0 Å². The van der Waals surface area contributed by atoms with Crippen LogP contribution in [0.4, 0.5) is 0 Å². The molecule has 0 aliphatic carbocycles. The summed E-state index contributed by atoms with van der Waals surface area (Å²) in [4.78, 5) is 24.9. The van der Waals surface area contributed by atoms with E-state index >= 15 is 0 Å². The second kappa shape index (κ2) is 6.47. The molecule has 2 amide bonds. The smallest absolute Gasteiger partial charge is 0.271 e. The van der Waals surface area contributed by atoms with Gasteiger partial charge in [-0.2, -0.15) is 0 Å². The van der Waals surface area contributed by atoms with E-state index in [2.05, 4.69) is 15.5 Å². The molecule has 1 fully saturated rings. The molecule has 0 bridgehead atoms. The molecule has 1 aliphatic heterocycles. The molecule has 6 nitrogen and oxygen atoms in total. The molecule has 0 saturated carbocycles. The van der Waals surface area contributed by atoms with Crippen molar-refractivity contribution in [1.82, 2.24) is 20.4 Å². The van der Waals surface area contributed by atoms with E-state index in [4.69, 9.17) is 11.6 Å². The van der Waals surface area contributed by atoms with Gasteiger partial charge in [-0.15, -0.1) is 10.2 Å². The molecule has 0 radical (unpaired) electrons. The number of carbonyl (C=O) groups is 2. The summed E-state index contributed by atoms with van der Waals surface area (Å²) in [5.41, 5.74) is 0.238. The SMILES string of the molecule is O=C(NCCCN1CCCC1=O)c1ccc(Cl)nn1. The van der Waals surface area contributed by atoms with Crippen molar-refractivity contribution in [2.45, 2.75) is 19.3 Å². The minimum Gasteiger partial charge on any atom is -0.351 e. The Balaban J connectivity index is 1.69. The van der Waals surface area contributed by atoms with Crippen molar-refractivity contribution >= 4 is 23.4 Å². The van der Waals surface area contributed by atoms with Gasteiger partial charge in [0, 0.05) is 26.1 Å². The fraction of sp³-hybridized carbons (Fsp3) is 0.500. The van der Waals surface area contributed by atoms with Gasteiger partial charge in [-0.1, -0.05) is 11.6 Å². The summed E-state index contributed by atoms with van der Waals surface area (Å²) < 4.78 is 0. The highest BCUT2D eigenvalue weighted by atomic mass is 35.5. The molecular weight excluding hydrogens is 268 g/mol. The van der Waals surface area contributed by atoms with Gasteiger partial charge in [0.2, 0.25) is 5.91 Å². The third-order valence-corrected chi connectivity index (χ3v) is 3.13. The molecule has 0 spiro atoms. The zero-order chi connectivity index (χ0) is 13.7. The van der Waals surface area contributed by atoms with E-state index in [1.807, 2.05) is 4.90 Å². The summed E-state index contributed by atoms with van der Waals surface area (Å²) >= 11 is 5.59. The molecule has 2 rings (SSSR count). The van der Waals surface area contributed by atoms with E-state index in [-0.39, 0.29) is 22.7 Å². The quantitative estimate of drug-likeness (QED) is 0.813. The van der Waals surface area contributed by atoms with Crippen molar-refractivity contribution in [3.63, 3.8) is 0 Å². The predicted octanol–water partition coefficient (Wildman–Crippen LogP) is 0.872. The molecule has 1 aromatic heterocycles. The maximum Gasteiger partial charge on any atom is 0.271 e. The van der Waals surface area contributed by atoms with Crippen molar-refractivity contribution in [2.24, 2.45) is 0 Å². The van der Waals surface area contributed by atoms with E-state index in [1.54, 1.807) is 0 Å². The molecule has 0 unspecified atom stereocenters. The van der Waals surface area contributed by atoms with Gasteiger partial charge in [0.05, 0.1) is 0 Å². The van der Waals surface area contributed by atoms with Crippen molar-refractivity contribution in [3.8, 4) is 0 Å². The number of rotatable bonds is 5. The Morgan fingerprint density at radius 3 is 2.89 bits per heavy atom. The molecule has 1 saturated heterocycles. The van der Waals surface area contributed by atoms with E-state index < -0.39 is 0 Å². The minimum absolute atomic E-state index is 0.204. The molecular formula is C12H15ClN4O2. The van der Waals surface area contributed by atoms with Gasteiger partial charge in [0.25, 0.3) is 5.91 Å². The number of amides is 2. The third-order valence-electron chi connectivity index (χ3n) is 2.93. The van der Waals surface area contributed by atoms with E-state index in [1.165, 1.54) is 12.1 Å². The molecule has 19 heavy (non-hydrogen) atoms. The lowest BCUT2D eigenvalue weighted by Gasteiger charge is -2.15. The second-order valence-electron chi connectivity index (χ2n) is 4.34. The Hall–Kier alpha value is -1.69. The van der Waals surface area contributed by atoms with Crippen LogP contribution in [0, 0.1) is 0 Å². The highest BCUT2D eigenvalue weighted by Crippen LogP contribution is 2.09. The van der Waals surface area contributed by atoms with Crippen LogP contribution in [-0.2, 0) is 4.79 Å². The molecule has 1 aliphatic rings. The number of hydrogen-bond acceptors (Lipinski definition) is 4. The summed E-state index contributed by atoms with van der Waals surface area (Å²) in [5, 5.41) is 10.3. The number of likely N-dealkylation sites (tertiary alicyclic amines) is 1. The van der Waals surface area contributed by atoms with Gasteiger partial charge in [-0.05, 0) is 25.0 Å². The minimum atomic E-state index is -0.281. The first-order chi connectivity index (χ1) is 9.16. The zero-order valence-electron chi connectivity index (χ0n) is 10.4. The fourth-order valence-electron chi connectivity index (χ4n) is 1.94. The first-order valence-corrected chi connectivity index (χ1v) is 6.60. The van der Waals surface area contributed by atoms with Crippen LogP contribution < -0.4 is 5.32 Å². The summed E-state index contributed by atoms with van der Waals surface area (Å²) in [6.45, 7) is 2.02. The first kappa shape index (κ1) is 13.7. The molecule has 0 atom stereocenters. The number of nitrogens with one attached hydrogen (secondary N) is 1. The van der Waals surface area contributed by atoms with Gasteiger partial charge in [0.1, 0.15) is 0 Å². The van der Waals surface area contributed by atoms with Crippen LogP contribution in [0.25, 0.3) is 0 Å². The highest BCUT2D eigenvalue weighted by molar-refractivity contribution is 6.29. The van der Waals surface area contributed by atoms with E-state index in [0.29, 0.717) is 19.5 Å². The lowest BCUT2D eigenvalue weighted by Crippen LogP contribution is -2.31. The largest absolute Gasteiger partial charge is 0.351 e. The first-order valence-electron chi connectivity index (χ1n) is 6.22. The Morgan fingerprint density at radius 1 is 1.42 bits per heavy atom. The lowest BCUT2D eigenvalue weighted by atomic mass is 10.3. The molecule has 1 N–H and O–H groups in total. The monoisotopic (exact) mass is 282 g/mol. The summed E-state index contributed by atoms with van der Waals surface area (Å²) in [7, 11) is 0. The van der Waals surface area contributed by atoms with Crippen LogP contribution in [0.2, 0.25) is 5.15 Å². The zero-order valence-corrected chi connectivity index (χ0v) is 11.2. The van der Waals surface area contributed by atoms with Gasteiger partial charge < -0.3 is 10.2 Å². The number of aromatic nitrogens is 2. The number of nitrogens with zero attached hydrogens (tertiary/aromatic N) is 3. The highest BCUT2D eigenvalue weighted by Gasteiger charge is 2.19. The third kappa shape index (κ3) is 3.89. The van der Waals surface area contributed by atoms with Crippen molar-refractivity contribution in [1.29, 1.82) is 0 Å². The van der Waals surface area contributed by atoms with Crippen LogP contribution in [-0.4, -0.2) is 46.5 Å². The molecule has 102 valence electrons.